The molecule has 0 heterocycles. The average molecular weight is 439 g/mol. The van der Waals surface area contributed by atoms with E-state index in [1.54, 1.807) is 6.08 Å². The molecule has 170 valence electrons. The zero-order chi connectivity index (χ0) is 22.4. The molecule has 2 aliphatic rings. The molecule has 2 aliphatic carbocycles. The van der Waals surface area contributed by atoms with E-state index in [1.165, 1.54) is 51.4 Å². The van der Waals surface area contributed by atoms with Crippen molar-refractivity contribution in [2.24, 2.45) is 23.7 Å². The summed E-state index contributed by atoms with van der Waals surface area (Å²) < 4.78 is 65.1. The van der Waals surface area contributed by atoms with E-state index in [-0.39, 0.29) is 5.56 Å². The predicted octanol–water partition coefficient (Wildman–Crippen LogP) is 8.30. The lowest BCUT2D eigenvalue weighted by Crippen LogP contribution is -2.25. The summed E-state index contributed by atoms with van der Waals surface area (Å²) in [6.45, 7) is 2.27. The zero-order valence-corrected chi connectivity index (χ0v) is 18.1. The number of halogens is 5. The minimum absolute atomic E-state index is 0.102. The van der Waals surface area contributed by atoms with Crippen molar-refractivity contribution in [3.05, 3.63) is 47.0 Å². The van der Waals surface area contributed by atoms with Crippen molar-refractivity contribution in [3.63, 3.8) is 0 Å². The van der Waals surface area contributed by atoms with Gasteiger partial charge in [0.15, 0.2) is 0 Å². The molecule has 0 radical (unpaired) electrons. The van der Waals surface area contributed by atoms with Crippen molar-refractivity contribution in [2.45, 2.75) is 77.3 Å². The molecular formula is C26H31F5. The number of benzene rings is 1. The molecule has 0 amide bonds. The molecule has 0 spiro atoms. The van der Waals surface area contributed by atoms with Gasteiger partial charge in [-0.15, -0.1) is 0 Å². The fraction of sp³-hybridized carbons (Fsp3) is 0.615. The van der Waals surface area contributed by atoms with Gasteiger partial charge in [-0.25, -0.2) is 8.78 Å². The van der Waals surface area contributed by atoms with Crippen molar-refractivity contribution >= 4 is 0 Å². The monoisotopic (exact) mass is 438 g/mol. The summed E-state index contributed by atoms with van der Waals surface area (Å²) >= 11 is 0. The van der Waals surface area contributed by atoms with E-state index in [1.807, 2.05) is 6.08 Å². The largest absolute Gasteiger partial charge is 0.422 e. The van der Waals surface area contributed by atoms with Crippen LogP contribution < -0.4 is 0 Å². The van der Waals surface area contributed by atoms with Crippen LogP contribution in [0.1, 0.15) is 82.3 Å². The molecule has 0 unspecified atom stereocenters. The van der Waals surface area contributed by atoms with E-state index in [4.69, 9.17) is 0 Å². The number of hydrogen-bond acceptors (Lipinski definition) is 0. The van der Waals surface area contributed by atoms with Gasteiger partial charge in [-0.05, 0) is 80.4 Å². The third-order valence-corrected chi connectivity index (χ3v) is 7.07. The molecule has 2 fully saturated rings. The Hall–Kier alpha value is -1.83. The number of rotatable bonds is 4. The molecule has 1 aromatic carbocycles. The van der Waals surface area contributed by atoms with Crippen LogP contribution in [0, 0.1) is 47.1 Å². The summed E-state index contributed by atoms with van der Waals surface area (Å²) in [6.07, 6.45) is 11.5. The van der Waals surface area contributed by atoms with Crippen molar-refractivity contribution in [1.29, 1.82) is 0 Å². The lowest BCUT2D eigenvalue weighted by Gasteiger charge is -2.37. The molecule has 31 heavy (non-hydrogen) atoms. The van der Waals surface area contributed by atoms with E-state index in [0.29, 0.717) is 18.1 Å². The van der Waals surface area contributed by atoms with Crippen LogP contribution in [0.2, 0.25) is 0 Å². The maximum Gasteiger partial charge on any atom is 0.422 e. The molecule has 0 nitrogen and oxygen atoms in total. The van der Waals surface area contributed by atoms with Gasteiger partial charge in [0.1, 0.15) is 17.2 Å². The van der Waals surface area contributed by atoms with Crippen LogP contribution in [-0.4, -0.2) is 0 Å². The Bertz CT molecular complexity index is 787. The fourth-order valence-electron chi connectivity index (χ4n) is 5.39. The number of hydrogen-bond donors (Lipinski definition) is 0. The van der Waals surface area contributed by atoms with E-state index >= 15 is 0 Å². The van der Waals surface area contributed by atoms with E-state index < -0.39 is 23.4 Å². The van der Waals surface area contributed by atoms with E-state index in [9.17, 15) is 22.0 Å². The second-order valence-corrected chi connectivity index (χ2v) is 9.19. The first kappa shape index (κ1) is 23.8. The zero-order valence-electron chi connectivity index (χ0n) is 18.1. The summed E-state index contributed by atoms with van der Waals surface area (Å²) in [5, 5.41) is 0. The van der Waals surface area contributed by atoms with Crippen molar-refractivity contribution in [2.75, 3.05) is 0 Å². The van der Waals surface area contributed by atoms with Crippen LogP contribution in [-0.2, 0) is 6.18 Å². The van der Waals surface area contributed by atoms with Gasteiger partial charge in [-0.1, -0.05) is 50.5 Å². The standard InChI is InChI=1S/C26H31F5/c1-2-5-18-8-12-21(13-9-18)22-14-10-19(11-15-22)6-3-4-7-20-16-23(27)25(24(28)17-20)26(29,30)31/h3,6,16-19,21-22H,2,5,8-15H2,1H3. The topological polar surface area (TPSA) is 0 Å². The van der Waals surface area contributed by atoms with Crippen molar-refractivity contribution in [1.82, 2.24) is 0 Å². The van der Waals surface area contributed by atoms with E-state index in [0.717, 1.165) is 30.6 Å². The summed E-state index contributed by atoms with van der Waals surface area (Å²) in [7, 11) is 0. The molecule has 0 aromatic heterocycles. The highest BCUT2D eigenvalue weighted by Crippen LogP contribution is 2.42. The van der Waals surface area contributed by atoms with Crippen LogP contribution in [0.3, 0.4) is 0 Å². The van der Waals surface area contributed by atoms with Gasteiger partial charge in [-0.3, -0.25) is 0 Å². The molecule has 5 heteroatoms. The first-order valence-electron chi connectivity index (χ1n) is 11.5. The lowest BCUT2D eigenvalue weighted by molar-refractivity contribution is -0.142. The first-order chi connectivity index (χ1) is 14.8. The normalized spacial score (nSPS) is 27.2. The fourth-order valence-corrected chi connectivity index (χ4v) is 5.39. The molecule has 1 aromatic rings. The Morgan fingerprint density at radius 1 is 0.903 bits per heavy atom. The van der Waals surface area contributed by atoms with Gasteiger partial charge >= 0.3 is 6.18 Å². The minimum Gasteiger partial charge on any atom is -0.206 e. The maximum absolute atomic E-state index is 13.6. The molecule has 0 atom stereocenters. The Kier molecular flexibility index (Phi) is 8.19. The van der Waals surface area contributed by atoms with Crippen LogP contribution in [0.4, 0.5) is 22.0 Å². The molecule has 3 rings (SSSR count). The summed E-state index contributed by atoms with van der Waals surface area (Å²) in [5.74, 6) is 5.06. The SMILES string of the molecule is CCCC1CCC(C2CCC(C=CC#Cc3cc(F)c(C(F)(F)F)c(F)c3)CC2)CC1. The van der Waals surface area contributed by atoms with Gasteiger partial charge in [0.05, 0.1) is 0 Å². The molecule has 0 bridgehead atoms. The van der Waals surface area contributed by atoms with Crippen LogP contribution in [0.25, 0.3) is 0 Å². The average Bonchev–Trinajstić information content (AvgIpc) is 2.71. The summed E-state index contributed by atoms with van der Waals surface area (Å²) in [6, 6.07) is 1.26. The van der Waals surface area contributed by atoms with Crippen LogP contribution >= 0.6 is 0 Å². The highest BCUT2D eigenvalue weighted by molar-refractivity contribution is 5.40. The quantitative estimate of drug-likeness (QED) is 0.328. The predicted molar refractivity (Wildman–Crippen MR) is 113 cm³/mol. The third-order valence-electron chi connectivity index (χ3n) is 7.07. The first-order valence-corrected chi connectivity index (χ1v) is 11.5. The molecule has 2 saturated carbocycles. The van der Waals surface area contributed by atoms with Crippen LogP contribution in [0.5, 0.6) is 0 Å². The number of alkyl halides is 3. The molecule has 0 N–H and O–H groups in total. The Morgan fingerprint density at radius 3 is 1.97 bits per heavy atom. The minimum atomic E-state index is -5.06. The Balaban J connectivity index is 1.48. The van der Waals surface area contributed by atoms with Gasteiger partial charge in [0.25, 0.3) is 0 Å². The Labute approximate surface area is 182 Å². The molecule has 0 aliphatic heterocycles. The lowest BCUT2D eigenvalue weighted by atomic mass is 9.69. The molecular weight excluding hydrogens is 407 g/mol. The molecule has 0 saturated heterocycles. The summed E-state index contributed by atoms with van der Waals surface area (Å²) in [4.78, 5) is 0. The van der Waals surface area contributed by atoms with Gasteiger partial charge in [-0.2, -0.15) is 13.2 Å². The highest BCUT2D eigenvalue weighted by Gasteiger charge is 2.37. The van der Waals surface area contributed by atoms with Gasteiger partial charge in [0, 0.05) is 5.56 Å². The third kappa shape index (κ3) is 6.57. The maximum atomic E-state index is 13.6. The van der Waals surface area contributed by atoms with Crippen molar-refractivity contribution in [3.8, 4) is 11.8 Å². The van der Waals surface area contributed by atoms with Gasteiger partial charge in [0.2, 0.25) is 0 Å². The van der Waals surface area contributed by atoms with Crippen LogP contribution in [0.15, 0.2) is 24.3 Å². The number of allylic oxidation sites excluding steroid dienone is 2. The van der Waals surface area contributed by atoms with E-state index in [2.05, 4.69) is 18.8 Å². The smallest absolute Gasteiger partial charge is 0.206 e. The second kappa shape index (κ2) is 10.7. The van der Waals surface area contributed by atoms with Gasteiger partial charge < -0.3 is 0 Å². The summed E-state index contributed by atoms with van der Waals surface area (Å²) in [5.41, 5.74) is -1.97. The second-order valence-electron chi connectivity index (χ2n) is 9.19. The van der Waals surface area contributed by atoms with Crippen molar-refractivity contribution < 1.29 is 22.0 Å². The Morgan fingerprint density at radius 2 is 1.45 bits per heavy atom. The highest BCUT2D eigenvalue weighted by atomic mass is 19.4.